The summed E-state index contributed by atoms with van der Waals surface area (Å²) in [6.07, 6.45) is 0.393. The van der Waals surface area contributed by atoms with E-state index in [0.29, 0.717) is 55.2 Å². The van der Waals surface area contributed by atoms with Crippen LogP contribution >= 0.6 is 11.6 Å². The van der Waals surface area contributed by atoms with E-state index in [0.717, 1.165) is 0 Å². The lowest BCUT2D eigenvalue weighted by molar-refractivity contribution is -0.255. The zero-order valence-electron chi connectivity index (χ0n) is 19.5. The number of nitrogens with two attached hydrogens (primary N) is 1. The van der Waals surface area contributed by atoms with Gasteiger partial charge in [0.25, 0.3) is 11.8 Å². The summed E-state index contributed by atoms with van der Waals surface area (Å²) in [5.41, 5.74) is 6.79. The Labute approximate surface area is 208 Å². The fourth-order valence-electron chi connectivity index (χ4n) is 3.94. The molecule has 4 N–H and O–H groups in total. The number of carbonyl (C=O) groups excluding carboxylic acids is 3. The minimum atomic E-state index is -1.29. The normalized spacial score (nSPS) is 18.0. The Balaban J connectivity index is 1.51. The molecule has 35 heavy (non-hydrogen) atoms. The Hall–Kier alpha value is -3.34. The quantitative estimate of drug-likeness (QED) is 0.420. The van der Waals surface area contributed by atoms with Crippen LogP contribution in [0.25, 0.3) is 0 Å². The van der Waals surface area contributed by atoms with Crippen molar-refractivity contribution >= 4 is 35.1 Å². The van der Waals surface area contributed by atoms with Crippen molar-refractivity contribution in [3.05, 3.63) is 58.1 Å². The molecule has 2 aromatic carbocycles. The number of carboxylic acid groups (broad SMARTS) is 1. The Morgan fingerprint density at radius 1 is 1.14 bits per heavy atom. The Kier molecular flexibility index (Phi) is 8.91. The number of piperidine rings is 1. The smallest absolute Gasteiger partial charge is 0.255 e. The van der Waals surface area contributed by atoms with Crippen LogP contribution in [0.2, 0.25) is 5.02 Å². The Morgan fingerprint density at radius 2 is 1.83 bits per heavy atom. The molecule has 0 spiro atoms. The van der Waals surface area contributed by atoms with Gasteiger partial charge in [-0.2, -0.15) is 0 Å². The first-order valence-corrected chi connectivity index (χ1v) is 11.4. The number of hydrogen-bond acceptors (Lipinski definition) is 8. The molecule has 0 unspecified atom stereocenters. The van der Waals surface area contributed by atoms with Gasteiger partial charge in [-0.25, -0.2) is 0 Å². The highest BCUT2D eigenvalue weighted by atomic mass is 35.5. The number of nitrogen functional groups attached to an aromatic ring is 1. The monoisotopic (exact) mass is 503 g/mol. The molecular weight excluding hydrogens is 476 g/mol. The van der Waals surface area contributed by atoms with Crippen LogP contribution in [0.15, 0.2) is 36.4 Å². The topological polar surface area (TPSA) is 146 Å². The van der Waals surface area contributed by atoms with E-state index < -0.39 is 5.97 Å². The molecule has 1 aliphatic heterocycles. The second-order valence-electron chi connectivity index (χ2n) is 8.14. The van der Waals surface area contributed by atoms with E-state index in [1.165, 1.54) is 43.5 Å². The molecule has 2 aromatic rings. The lowest BCUT2D eigenvalue weighted by Crippen LogP contribution is -2.55. The molecule has 0 aliphatic carbocycles. The summed E-state index contributed by atoms with van der Waals surface area (Å²) in [6.45, 7) is 2.25. The lowest BCUT2D eigenvalue weighted by atomic mass is 10.0. The third-order valence-corrected chi connectivity index (χ3v) is 6.25. The minimum Gasteiger partial charge on any atom is -0.545 e. The van der Waals surface area contributed by atoms with Crippen molar-refractivity contribution < 1.29 is 29.0 Å². The molecule has 11 heteroatoms. The highest BCUT2D eigenvalue weighted by Gasteiger charge is 2.31. The van der Waals surface area contributed by atoms with Crippen LogP contribution in [-0.2, 0) is 4.74 Å². The Bertz CT molecular complexity index is 1080. The highest BCUT2D eigenvalue weighted by Crippen LogP contribution is 2.29. The van der Waals surface area contributed by atoms with Crippen LogP contribution in [0.1, 0.15) is 37.5 Å². The van der Waals surface area contributed by atoms with Gasteiger partial charge in [-0.1, -0.05) is 23.7 Å². The standard InChI is InChI=1S/C24H29ClN4O6/c1-34-20-12-18(26)17(25)11-16(20)23(31)28-19-7-9-29(13-21(19)35-2)10-8-27-22(30)14-3-5-15(6-4-14)24(32)33/h3-6,11-12,19,21H,7-10,13,26H2,1-2H3,(H,27,30)(H,28,31)(H,32,33)/p-1/t19-,21+/m1/s1. The first-order valence-electron chi connectivity index (χ1n) is 11.0. The summed E-state index contributed by atoms with van der Waals surface area (Å²) in [5.74, 6) is -1.58. The maximum Gasteiger partial charge on any atom is 0.255 e. The van der Waals surface area contributed by atoms with Crippen LogP contribution < -0.4 is 26.2 Å². The summed E-state index contributed by atoms with van der Waals surface area (Å²) in [4.78, 5) is 38.2. The molecule has 2 atom stereocenters. The lowest BCUT2D eigenvalue weighted by Gasteiger charge is -2.38. The predicted octanol–water partition coefficient (Wildman–Crippen LogP) is 0.543. The summed E-state index contributed by atoms with van der Waals surface area (Å²) in [5, 5.41) is 16.9. The number of rotatable bonds is 9. The van der Waals surface area contributed by atoms with Crippen LogP contribution in [0.3, 0.4) is 0 Å². The zero-order chi connectivity index (χ0) is 25.5. The van der Waals surface area contributed by atoms with Crippen molar-refractivity contribution in [2.45, 2.75) is 18.6 Å². The number of carboxylic acids is 1. The summed E-state index contributed by atoms with van der Waals surface area (Å²) in [7, 11) is 3.04. The molecular formula is C24H28ClN4O6-. The van der Waals surface area contributed by atoms with Gasteiger partial charge in [0.05, 0.1) is 41.5 Å². The fraction of sp³-hybridized carbons (Fsp3) is 0.375. The van der Waals surface area contributed by atoms with Gasteiger partial charge in [0, 0.05) is 44.9 Å². The largest absolute Gasteiger partial charge is 0.545 e. The van der Waals surface area contributed by atoms with Crippen molar-refractivity contribution in [2.24, 2.45) is 0 Å². The predicted molar refractivity (Wildman–Crippen MR) is 129 cm³/mol. The van der Waals surface area contributed by atoms with Gasteiger partial charge in [-0.15, -0.1) is 0 Å². The second-order valence-corrected chi connectivity index (χ2v) is 8.55. The third-order valence-electron chi connectivity index (χ3n) is 5.92. The first kappa shape index (κ1) is 26.3. The number of methoxy groups -OCH3 is 2. The number of aromatic carboxylic acids is 1. The van der Waals surface area contributed by atoms with Crippen molar-refractivity contribution in [1.82, 2.24) is 15.5 Å². The van der Waals surface area contributed by atoms with E-state index in [9.17, 15) is 19.5 Å². The second kappa shape index (κ2) is 11.9. The molecule has 0 aromatic heterocycles. The van der Waals surface area contributed by atoms with E-state index >= 15 is 0 Å². The number of nitrogens with zero attached hydrogens (tertiary/aromatic N) is 1. The number of anilines is 1. The number of benzene rings is 2. The molecule has 0 bridgehead atoms. The molecule has 2 amide bonds. The van der Waals surface area contributed by atoms with E-state index in [1.807, 2.05) is 0 Å². The summed E-state index contributed by atoms with van der Waals surface area (Å²) >= 11 is 6.09. The van der Waals surface area contributed by atoms with Crippen LogP contribution in [0.5, 0.6) is 5.75 Å². The van der Waals surface area contributed by atoms with Gasteiger partial charge >= 0.3 is 0 Å². The van der Waals surface area contributed by atoms with E-state index in [1.54, 1.807) is 7.11 Å². The molecule has 10 nitrogen and oxygen atoms in total. The summed E-state index contributed by atoms with van der Waals surface area (Å²) < 4.78 is 10.9. The molecule has 188 valence electrons. The molecule has 1 saturated heterocycles. The fourth-order valence-corrected chi connectivity index (χ4v) is 4.10. The maximum absolute atomic E-state index is 12.9. The van der Waals surface area contributed by atoms with E-state index in [4.69, 9.17) is 26.8 Å². The first-order chi connectivity index (χ1) is 16.7. The third kappa shape index (κ3) is 6.62. The van der Waals surface area contributed by atoms with Gasteiger partial charge in [0.1, 0.15) is 5.75 Å². The number of nitrogens with one attached hydrogen (secondary N) is 2. The summed E-state index contributed by atoms with van der Waals surface area (Å²) in [6, 6.07) is 8.33. The molecule has 0 radical (unpaired) electrons. The Morgan fingerprint density at radius 3 is 2.46 bits per heavy atom. The van der Waals surface area contributed by atoms with Crippen molar-refractivity contribution in [2.75, 3.05) is 46.1 Å². The number of amides is 2. The number of halogens is 1. The van der Waals surface area contributed by atoms with Crippen LogP contribution in [-0.4, -0.2) is 75.2 Å². The minimum absolute atomic E-state index is 0.0139. The van der Waals surface area contributed by atoms with E-state index in [-0.39, 0.29) is 34.5 Å². The molecule has 0 saturated carbocycles. The van der Waals surface area contributed by atoms with Gasteiger partial charge in [0.2, 0.25) is 0 Å². The van der Waals surface area contributed by atoms with Crippen LogP contribution in [0.4, 0.5) is 5.69 Å². The molecule has 3 rings (SSSR count). The molecule has 1 heterocycles. The van der Waals surface area contributed by atoms with Crippen LogP contribution in [0, 0.1) is 0 Å². The number of ether oxygens (including phenoxy) is 2. The number of hydrogen-bond donors (Lipinski definition) is 3. The zero-order valence-corrected chi connectivity index (χ0v) is 20.3. The van der Waals surface area contributed by atoms with E-state index in [2.05, 4.69) is 15.5 Å². The van der Waals surface area contributed by atoms with Gasteiger partial charge in [-0.3, -0.25) is 14.5 Å². The van der Waals surface area contributed by atoms with Crippen molar-refractivity contribution in [3.8, 4) is 5.75 Å². The number of likely N-dealkylation sites (tertiary alicyclic amines) is 1. The highest BCUT2D eigenvalue weighted by molar-refractivity contribution is 6.33. The van der Waals surface area contributed by atoms with Crippen molar-refractivity contribution in [3.63, 3.8) is 0 Å². The average molecular weight is 504 g/mol. The number of carbonyl (C=O) groups is 3. The molecule has 1 fully saturated rings. The van der Waals surface area contributed by atoms with Crippen molar-refractivity contribution in [1.29, 1.82) is 0 Å². The average Bonchev–Trinajstić information content (AvgIpc) is 2.85. The van der Waals surface area contributed by atoms with Gasteiger partial charge in [0.15, 0.2) is 0 Å². The SMILES string of the molecule is COc1cc(N)c(Cl)cc1C(=O)N[C@@H]1CCN(CCNC(=O)c2ccc(C(=O)[O-])cc2)C[C@@H]1OC. The van der Waals surface area contributed by atoms with Gasteiger partial charge < -0.3 is 35.7 Å². The maximum atomic E-state index is 12.9. The van der Waals surface area contributed by atoms with Gasteiger partial charge in [-0.05, 0) is 30.2 Å². The molecule has 1 aliphatic rings.